The predicted octanol–water partition coefficient (Wildman–Crippen LogP) is 2.24. The Bertz CT molecular complexity index is 744. The topological polar surface area (TPSA) is 75.7 Å². The zero-order valence-electron chi connectivity index (χ0n) is 15.6. The van der Waals surface area contributed by atoms with Crippen LogP contribution in [0.1, 0.15) is 36.8 Å². The van der Waals surface area contributed by atoms with Crippen LogP contribution in [0.3, 0.4) is 0 Å². The van der Waals surface area contributed by atoms with Gasteiger partial charge in [0, 0.05) is 26.1 Å². The molecule has 0 spiro atoms. The Morgan fingerprint density at radius 2 is 1.88 bits per heavy atom. The monoisotopic (exact) mass is 368 g/mol. The smallest absolute Gasteiger partial charge is 0.241 e. The minimum Gasteiger partial charge on any atom is -0.496 e. The molecule has 0 saturated heterocycles. The first-order valence-corrected chi connectivity index (χ1v) is 10.0. The largest absolute Gasteiger partial charge is 0.496 e. The van der Waals surface area contributed by atoms with Crippen LogP contribution in [0.25, 0.3) is 0 Å². The summed E-state index contributed by atoms with van der Waals surface area (Å²) in [4.78, 5) is 14.0. The molecule has 2 rings (SSSR count). The van der Waals surface area contributed by atoms with Gasteiger partial charge in [0.2, 0.25) is 15.9 Å². The van der Waals surface area contributed by atoms with Gasteiger partial charge in [-0.15, -0.1) is 0 Å². The average Bonchev–Trinajstić information content (AvgIpc) is 2.55. The quantitative estimate of drug-likeness (QED) is 0.865. The molecule has 1 saturated carbocycles. The van der Waals surface area contributed by atoms with Crippen molar-refractivity contribution in [2.24, 2.45) is 5.92 Å². The van der Waals surface area contributed by atoms with Crippen molar-refractivity contribution < 1.29 is 17.9 Å². The number of amides is 1. The molecule has 0 heterocycles. The first-order valence-electron chi connectivity index (χ1n) is 8.54. The van der Waals surface area contributed by atoms with Gasteiger partial charge in [0.15, 0.2) is 0 Å². The third-order valence-electron chi connectivity index (χ3n) is 4.77. The van der Waals surface area contributed by atoms with Crippen LogP contribution in [0.5, 0.6) is 5.75 Å². The van der Waals surface area contributed by atoms with Crippen LogP contribution < -0.4 is 9.46 Å². The highest BCUT2D eigenvalue weighted by molar-refractivity contribution is 7.89. The number of sulfonamides is 1. The number of benzene rings is 1. The number of carbonyl (C=O) groups excluding carboxylic acids is 1. The lowest BCUT2D eigenvalue weighted by Crippen LogP contribution is -2.42. The summed E-state index contributed by atoms with van der Waals surface area (Å²) >= 11 is 0. The van der Waals surface area contributed by atoms with Crippen LogP contribution in [0.4, 0.5) is 0 Å². The number of methoxy groups -OCH3 is 1. The van der Waals surface area contributed by atoms with E-state index in [-0.39, 0.29) is 22.8 Å². The summed E-state index contributed by atoms with van der Waals surface area (Å²) in [6.45, 7) is 3.58. The first-order chi connectivity index (χ1) is 11.7. The van der Waals surface area contributed by atoms with Crippen molar-refractivity contribution in [1.29, 1.82) is 0 Å². The molecule has 1 amide bonds. The highest BCUT2D eigenvalue weighted by Gasteiger charge is 2.31. The second-order valence-electron chi connectivity index (χ2n) is 7.00. The summed E-state index contributed by atoms with van der Waals surface area (Å²) in [6.07, 6.45) is 2.96. The fraction of sp³-hybridized carbons (Fsp3) is 0.611. The fourth-order valence-corrected chi connectivity index (χ4v) is 5.04. The summed E-state index contributed by atoms with van der Waals surface area (Å²) in [5, 5.41) is 0. The molecule has 1 aliphatic carbocycles. The number of hydrogen-bond acceptors (Lipinski definition) is 4. The number of ether oxygens (including phenoxy) is 1. The van der Waals surface area contributed by atoms with E-state index in [4.69, 9.17) is 4.74 Å². The lowest BCUT2D eigenvalue weighted by Gasteiger charge is -2.30. The van der Waals surface area contributed by atoms with E-state index in [9.17, 15) is 13.2 Å². The lowest BCUT2D eigenvalue weighted by atomic mass is 9.85. The van der Waals surface area contributed by atoms with Crippen LogP contribution in [-0.4, -0.2) is 46.5 Å². The molecule has 1 aliphatic rings. The highest BCUT2D eigenvalue weighted by Crippen LogP contribution is 2.29. The minimum atomic E-state index is -3.64. The molecule has 1 aromatic carbocycles. The van der Waals surface area contributed by atoms with E-state index in [0.29, 0.717) is 17.7 Å². The van der Waals surface area contributed by atoms with Gasteiger partial charge in [-0.25, -0.2) is 13.1 Å². The van der Waals surface area contributed by atoms with Crippen molar-refractivity contribution in [1.82, 2.24) is 9.62 Å². The summed E-state index contributed by atoms with van der Waals surface area (Å²) in [7, 11) is 1.40. The molecule has 6 nitrogen and oxygen atoms in total. The van der Waals surface area contributed by atoms with Crippen molar-refractivity contribution in [3.05, 3.63) is 23.3 Å². The molecule has 2 unspecified atom stereocenters. The maximum Gasteiger partial charge on any atom is 0.241 e. The van der Waals surface area contributed by atoms with Crippen LogP contribution in [0.15, 0.2) is 17.0 Å². The highest BCUT2D eigenvalue weighted by atomic mass is 32.2. The molecular weight excluding hydrogens is 340 g/mol. The molecule has 25 heavy (non-hydrogen) atoms. The summed E-state index contributed by atoms with van der Waals surface area (Å²) < 4.78 is 33.7. The van der Waals surface area contributed by atoms with E-state index in [1.807, 2.05) is 6.92 Å². The molecular formula is C18H28N2O4S. The molecule has 1 N–H and O–H groups in total. The average molecular weight is 368 g/mol. The molecule has 2 atom stereocenters. The van der Waals surface area contributed by atoms with Gasteiger partial charge in [0.25, 0.3) is 0 Å². The first kappa shape index (κ1) is 19.7. The maximum absolute atomic E-state index is 12.8. The van der Waals surface area contributed by atoms with Gasteiger partial charge in [-0.05, 0) is 56.4 Å². The second kappa shape index (κ2) is 7.74. The standard InChI is InChI=1S/C18H28N2O4S/c1-12-10-17(13(2)9-16(12)24-5)25(22,23)19-15-8-6-7-14(11-15)18(21)20(3)4/h9-10,14-15,19H,6-8,11H2,1-5H3. The third kappa shape index (κ3) is 4.52. The zero-order chi connectivity index (χ0) is 18.8. The van der Waals surface area contributed by atoms with Crippen LogP contribution in [-0.2, 0) is 14.8 Å². The Labute approximate surface area is 150 Å². The summed E-state index contributed by atoms with van der Waals surface area (Å²) in [5.41, 5.74) is 1.42. The number of hydrogen-bond donors (Lipinski definition) is 1. The number of nitrogens with zero attached hydrogens (tertiary/aromatic N) is 1. The van der Waals surface area contributed by atoms with Crippen molar-refractivity contribution in [3.63, 3.8) is 0 Å². The minimum absolute atomic E-state index is 0.0698. The van der Waals surface area contributed by atoms with E-state index in [2.05, 4.69) is 4.72 Å². The predicted molar refractivity (Wildman–Crippen MR) is 97.2 cm³/mol. The van der Waals surface area contributed by atoms with Crippen LogP contribution >= 0.6 is 0 Å². The van der Waals surface area contributed by atoms with Gasteiger partial charge < -0.3 is 9.64 Å². The van der Waals surface area contributed by atoms with Crippen LogP contribution in [0, 0.1) is 19.8 Å². The van der Waals surface area contributed by atoms with Gasteiger partial charge in [-0.2, -0.15) is 0 Å². The number of nitrogens with one attached hydrogen (secondary N) is 1. The lowest BCUT2D eigenvalue weighted by molar-refractivity contribution is -0.134. The van der Waals surface area contributed by atoms with Gasteiger partial charge in [0.05, 0.1) is 12.0 Å². The van der Waals surface area contributed by atoms with Crippen molar-refractivity contribution in [2.45, 2.75) is 50.5 Å². The van der Waals surface area contributed by atoms with E-state index >= 15 is 0 Å². The van der Waals surface area contributed by atoms with Crippen molar-refractivity contribution in [3.8, 4) is 5.75 Å². The maximum atomic E-state index is 12.8. The van der Waals surface area contributed by atoms with Gasteiger partial charge in [0.1, 0.15) is 5.75 Å². The van der Waals surface area contributed by atoms with Gasteiger partial charge in [-0.1, -0.05) is 6.42 Å². The van der Waals surface area contributed by atoms with Crippen LogP contribution in [0.2, 0.25) is 0 Å². The summed E-state index contributed by atoms with van der Waals surface area (Å²) in [5.74, 6) is 0.626. The SMILES string of the molecule is COc1cc(C)c(S(=O)(=O)NC2CCCC(C(=O)N(C)C)C2)cc1C. The van der Waals surface area contributed by atoms with E-state index in [1.165, 1.54) is 0 Å². The molecule has 1 fully saturated rings. The van der Waals surface area contributed by atoms with Gasteiger partial charge >= 0.3 is 0 Å². The molecule has 7 heteroatoms. The number of rotatable bonds is 5. The van der Waals surface area contributed by atoms with Crippen molar-refractivity contribution >= 4 is 15.9 Å². The molecule has 0 bridgehead atoms. The van der Waals surface area contributed by atoms with E-state index in [0.717, 1.165) is 24.8 Å². The van der Waals surface area contributed by atoms with E-state index in [1.54, 1.807) is 45.2 Å². The van der Waals surface area contributed by atoms with Gasteiger partial charge in [-0.3, -0.25) is 4.79 Å². The Morgan fingerprint density at radius 3 is 2.48 bits per heavy atom. The van der Waals surface area contributed by atoms with Crippen molar-refractivity contribution in [2.75, 3.05) is 21.2 Å². The summed E-state index contributed by atoms with van der Waals surface area (Å²) in [6, 6.07) is 3.17. The van der Waals surface area contributed by atoms with E-state index < -0.39 is 10.0 Å². The molecule has 0 aliphatic heterocycles. The number of aryl methyl sites for hydroxylation is 2. The Balaban J connectivity index is 2.18. The Hall–Kier alpha value is -1.60. The normalized spacial score (nSPS) is 21.0. The molecule has 140 valence electrons. The molecule has 1 aromatic rings. The fourth-order valence-electron chi connectivity index (χ4n) is 3.44. The molecule has 0 radical (unpaired) electrons. The Morgan fingerprint density at radius 1 is 1.20 bits per heavy atom. The second-order valence-corrected chi connectivity index (χ2v) is 8.68. The molecule has 0 aromatic heterocycles. The third-order valence-corrected chi connectivity index (χ3v) is 6.43. The number of carbonyl (C=O) groups is 1. The zero-order valence-corrected chi connectivity index (χ0v) is 16.4. The Kier molecular flexibility index (Phi) is 6.11.